The van der Waals surface area contributed by atoms with Crippen LogP contribution in [-0.4, -0.2) is 11.7 Å². The molecule has 0 amide bonds. The summed E-state index contributed by atoms with van der Waals surface area (Å²) >= 11 is 0. The summed E-state index contributed by atoms with van der Waals surface area (Å²) in [5.41, 5.74) is 1.44. The molecule has 4 rings (SSSR count). The number of rotatable bonds is 0. The molecule has 0 N–H and O–H groups in total. The van der Waals surface area contributed by atoms with E-state index in [4.69, 9.17) is 4.74 Å². The van der Waals surface area contributed by atoms with Gasteiger partial charge in [0.15, 0.2) is 0 Å². The first kappa shape index (κ1) is 9.94. The van der Waals surface area contributed by atoms with Crippen LogP contribution in [-0.2, 0) is 4.74 Å². The third-order valence-electron chi connectivity index (χ3n) is 7.18. The summed E-state index contributed by atoms with van der Waals surface area (Å²) in [6.45, 7) is 9.93. The van der Waals surface area contributed by atoms with Gasteiger partial charge in [-0.15, -0.1) is 0 Å². The van der Waals surface area contributed by atoms with Crippen molar-refractivity contribution in [3.63, 3.8) is 0 Å². The average molecular weight is 220 g/mol. The molecule has 3 saturated carbocycles. The molecule has 1 aliphatic heterocycles. The average Bonchev–Trinajstić information content (AvgIpc) is 2.67. The van der Waals surface area contributed by atoms with Crippen molar-refractivity contribution in [3.05, 3.63) is 0 Å². The maximum atomic E-state index is 6.09. The highest BCUT2D eigenvalue weighted by atomic mass is 16.6. The summed E-state index contributed by atoms with van der Waals surface area (Å²) in [6.07, 6.45) is 6.38. The van der Waals surface area contributed by atoms with Gasteiger partial charge < -0.3 is 4.74 Å². The highest BCUT2D eigenvalue weighted by Crippen LogP contribution is 2.77. The van der Waals surface area contributed by atoms with Crippen LogP contribution in [0.2, 0.25) is 0 Å². The predicted molar refractivity (Wildman–Crippen MR) is 64.1 cm³/mol. The fourth-order valence-corrected chi connectivity index (χ4v) is 6.21. The first-order chi connectivity index (χ1) is 7.41. The molecule has 1 saturated heterocycles. The van der Waals surface area contributed by atoms with E-state index in [0.29, 0.717) is 16.9 Å². The van der Waals surface area contributed by atoms with Crippen LogP contribution in [0.1, 0.15) is 53.4 Å². The summed E-state index contributed by atoms with van der Waals surface area (Å²) in [6, 6.07) is 0. The second kappa shape index (κ2) is 2.39. The van der Waals surface area contributed by atoms with Gasteiger partial charge in [-0.2, -0.15) is 0 Å². The molecule has 16 heavy (non-hydrogen) atoms. The van der Waals surface area contributed by atoms with E-state index in [2.05, 4.69) is 27.7 Å². The van der Waals surface area contributed by atoms with Crippen molar-refractivity contribution in [1.29, 1.82) is 0 Å². The number of ether oxygens (including phenoxy) is 1. The molecule has 0 radical (unpaired) electrons. The van der Waals surface area contributed by atoms with Crippen LogP contribution >= 0.6 is 0 Å². The summed E-state index contributed by atoms with van der Waals surface area (Å²) in [4.78, 5) is 0. The Bertz CT molecular complexity index is 356. The molecule has 2 unspecified atom stereocenters. The standard InChI is InChI=1S/C15H24O/c1-9-5-6-10-13(2,3)11-7-15(9,10)8-12-14(11,4)16-12/h9-12H,5-8H2,1-4H3/t9-,10+,11+,12?,14-,15?/m1/s1. The third kappa shape index (κ3) is 0.805. The zero-order valence-corrected chi connectivity index (χ0v) is 11.0. The smallest absolute Gasteiger partial charge is 0.0954 e. The van der Waals surface area contributed by atoms with E-state index >= 15 is 0 Å². The normalized spacial score (nSPS) is 65.2. The SMILES string of the molecule is C[C@@H]1CC[C@H]2C(C)(C)[C@@H]3CC12CC1O[C@@]13C. The van der Waals surface area contributed by atoms with E-state index in [0.717, 1.165) is 17.8 Å². The van der Waals surface area contributed by atoms with E-state index in [1.54, 1.807) is 0 Å². The van der Waals surface area contributed by atoms with Crippen LogP contribution in [0.15, 0.2) is 0 Å². The number of hydrogen-bond donors (Lipinski definition) is 0. The van der Waals surface area contributed by atoms with Crippen molar-refractivity contribution >= 4 is 0 Å². The molecule has 0 aromatic rings. The summed E-state index contributed by atoms with van der Waals surface area (Å²) in [7, 11) is 0. The van der Waals surface area contributed by atoms with Gasteiger partial charge in [-0.25, -0.2) is 0 Å². The molecule has 1 heteroatoms. The summed E-state index contributed by atoms with van der Waals surface area (Å²) < 4.78 is 6.09. The fraction of sp³-hybridized carbons (Fsp3) is 1.00. The van der Waals surface area contributed by atoms with Gasteiger partial charge in [-0.05, 0) is 61.2 Å². The van der Waals surface area contributed by atoms with Gasteiger partial charge in [0, 0.05) is 0 Å². The van der Waals surface area contributed by atoms with Crippen molar-refractivity contribution in [3.8, 4) is 0 Å². The maximum Gasteiger partial charge on any atom is 0.0954 e. The minimum Gasteiger partial charge on any atom is -0.366 e. The molecule has 3 aliphatic carbocycles. The largest absolute Gasteiger partial charge is 0.366 e. The molecule has 6 atom stereocenters. The van der Waals surface area contributed by atoms with Crippen molar-refractivity contribution in [1.82, 2.24) is 0 Å². The van der Waals surface area contributed by atoms with Crippen molar-refractivity contribution in [2.75, 3.05) is 0 Å². The zero-order valence-electron chi connectivity index (χ0n) is 11.0. The third-order valence-corrected chi connectivity index (χ3v) is 7.18. The Hall–Kier alpha value is -0.0400. The molecular weight excluding hydrogens is 196 g/mol. The Balaban J connectivity index is 1.85. The number of hydrogen-bond acceptors (Lipinski definition) is 1. The lowest BCUT2D eigenvalue weighted by molar-refractivity contribution is 0.0866. The second-order valence-corrected chi connectivity index (χ2v) is 7.84. The molecule has 1 nitrogen and oxygen atoms in total. The van der Waals surface area contributed by atoms with Gasteiger partial charge >= 0.3 is 0 Å². The molecule has 0 aromatic carbocycles. The quantitative estimate of drug-likeness (QED) is 0.568. The molecule has 2 bridgehead atoms. The minimum atomic E-state index is 0.263. The Labute approximate surface area is 98.9 Å². The number of fused-ring (bicyclic) bond motifs is 3. The van der Waals surface area contributed by atoms with Gasteiger partial charge in [0.25, 0.3) is 0 Å². The van der Waals surface area contributed by atoms with Crippen molar-refractivity contribution in [2.45, 2.75) is 65.1 Å². The molecule has 1 heterocycles. The van der Waals surface area contributed by atoms with Crippen LogP contribution in [0.25, 0.3) is 0 Å². The van der Waals surface area contributed by atoms with Gasteiger partial charge in [0.2, 0.25) is 0 Å². The zero-order chi connectivity index (χ0) is 11.3. The fourth-order valence-electron chi connectivity index (χ4n) is 6.21. The lowest BCUT2D eigenvalue weighted by atomic mass is 9.66. The van der Waals surface area contributed by atoms with Crippen LogP contribution in [0.5, 0.6) is 0 Å². The van der Waals surface area contributed by atoms with E-state index in [1.807, 2.05) is 0 Å². The number of epoxide rings is 1. The van der Waals surface area contributed by atoms with Crippen LogP contribution in [0, 0.1) is 28.6 Å². The molecule has 90 valence electrons. The lowest BCUT2D eigenvalue weighted by Gasteiger charge is -2.37. The minimum absolute atomic E-state index is 0.263. The molecular formula is C15H24O. The Kier molecular flexibility index (Phi) is 1.48. The van der Waals surface area contributed by atoms with E-state index in [-0.39, 0.29) is 5.60 Å². The molecule has 4 fully saturated rings. The predicted octanol–water partition coefficient (Wildman–Crippen LogP) is 3.63. The van der Waals surface area contributed by atoms with E-state index < -0.39 is 0 Å². The summed E-state index contributed by atoms with van der Waals surface area (Å²) in [5, 5.41) is 0. The van der Waals surface area contributed by atoms with Gasteiger partial charge in [0.1, 0.15) is 0 Å². The highest BCUT2D eigenvalue weighted by Gasteiger charge is 2.76. The topological polar surface area (TPSA) is 12.5 Å². The Morgan fingerprint density at radius 1 is 1.00 bits per heavy atom. The molecule has 4 aliphatic rings. The van der Waals surface area contributed by atoms with E-state index in [1.165, 1.54) is 25.7 Å². The van der Waals surface area contributed by atoms with Gasteiger partial charge in [-0.1, -0.05) is 20.8 Å². The van der Waals surface area contributed by atoms with Crippen LogP contribution < -0.4 is 0 Å². The van der Waals surface area contributed by atoms with Crippen LogP contribution in [0.3, 0.4) is 0 Å². The van der Waals surface area contributed by atoms with Gasteiger partial charge in [-0.3, -0.25) is 0 Å². The van der Waals surface area contributed by atoms with E-state index in [9.17, 15) is 0 Å². The maximum absolute atomic E-state index is 6.09. The lowest BCUT2D eigenvalue weighted by Crippen LogP contribution is -2.36. The molecule has 0 aromatic heterocycles. The van der Waals surface area contributed by atoms with Crippen molar-refractivity contribution < 1.29 is 4.74 Å². The van der Waals surface area contributed by atoms with Crippen LogP contribution in [0.4, 0.5) is 0 Å². The highest BCUT2D eigenvalue weighted by molar-refractivity contribution is 5.24. The van der Waals surface area contributed by atoms with Crippen molar-refractivity contribution in [2.24, 2.45) is 28.6 Å². The van der Waals surface area contributed by atoms with Gasteiger partial charge in [0.05, 0.1) is 11.7 Å². The summed E-state index contributed by atoms with van der Waals surface area (Å²) in [5.74, 6) is 2.75. The monoisotopic (exact) mass is 220 g/mol. The Morgan fingerprint density at radius 3 is 2.50 bits per heavy atom. The Morgan fingerprint density at radius 2 is 1.75 bits per heavy atom. The first-order valence-electron chi connectivity index (χ1n) is 7.09. The second-order valence-electron chi connectivity index (χ2n) is 7.84. The molecule has 1 spiro atoms. The first-order valence-corrected chi connectivity index (χ1v) is 7.09.